The van der Waals surface area contributed by atoms with Gasteiger partial charge in [0.2, 0.25) is 10.4 Å². The van der Waals surface area contributed by atoms with E-state index >= 15 is 0 Å². The summed E-state index contributed by atoms with van der Waals surface area (Å²) in [4.78, 5) is 0. The lowest BCUT2D eigenvalue weighted by molar-refractivity contribution is -1.16. The number of rotatable bonds is 0. The van der Waals surface area contributed by atoms with Crippen LogP contribution >= 0.6 is 0 Å². The van der Waals surface area contributed by atoms with Crippen LogP contribution in [0.4, 0.5) is 0 Å². The van der Waals surface area contributed by atoms with Gasteiger partial charge in [0.1, 0.15) is 11.1 Å². The Bertz CT molecular complexity index is 330. The zero-order valence-corrected chi connectivity index (χ0v) is 13.8. The van der Waals surface area contributed by atoms with E-state index in [2.05, 4.69) is 0 Å². The van der Waals surface area contributed by atoms with Crippen LogP contribution in [0.25, 0.3) is 0 Å². The second-order valence-corrected chi connectivity index (χ2v) is 6.46. The summed E-state index contributed by atoms with van der Waals surface area (Å²) in [6.07, 6.45) is 1.07. The summed E-state index contributed by atoms with van der Waals surface area (Å²) in [6, 6.07) is 0. The Morgan fingerprint density at radius 2 is 1.39 bits per heavy atom. The van der Waals surface area contributed by atoms with Gasteiger partial charge >= 0.3 is 0 Å². The molecule has 112 valence electrons. The predicted molar refractivity (Wildman–Crippen MR) is 58.5 cm³/mol. The highest BCUT2D eigenvalue weighted by molar-refractivity contribution is 7.79. The summed E-state index contributed by atoms with van der Waals surface area (Å²) in [5.74, 6) is 0. The molecular weight excluding hydrogens is 377 g/mol. The van der Waals surface area contributed by atoms with E-state index in [-0.39, 0.29) is 41.2 Å². The van der Waals surface area contributed by atoms with Crippen molar-refractivity contribution < 1.29 is 56.9 Å². The summed E-state index contributed by atoms with van der Waals surface area (Å²) in [5.41, 5.74) is -0.470. The van der Waals surface area contributed by atoms with Crippen LogP contribution in [0, 0.1) is 0 Å². The van der Waals surface area contributed by atoms with E-state index in [4.69, 9.17) is 17.5 Å². The summed E-state index contributed by atoms with van der Waals surface area (Å²) in [6.45, 7) is 7.91. The summed E-state index contributed by atoms with van der Waals surface area (Å²) in [7, 11) is -4.92. The van der Waals surface area contributed by atoms with Gasteiger partial charge in [0, 0.05) is 12.8 Å². The van der Waals surface area contributed by atoms with E-state index in [1.807, 2.05) is 27.7 Å². The standard InChI is InChI=1S/C9H19NO2.HI.H2O4S/c1-8(2)5-7(11)6-9(3,4)10(8)12;;1-5(2,3)4/h7,11-12H,5-6H2,1-4H3;1H;(H2,1,2,3,4)/p-1. The average molecular weight is 398 g/mol. The average Bonchev–Trinajstić information content (AvgIpc) is 1.94. The Kier molecular flexibility index (Phi) is 7.82. The minimum atomic E-state index is -4.92. The molecule has 18 heavy (non-hydrogen) atoms. The molecule has 0 amide bonds. The van der Waals surface area contributed by atoms with Crippen molar-refractivity contribution in [3.8, 4) is 0 Å². The van der Waals surface area contributed by atoms with E-state index in [1.165, 1.54) is 0 Å². The number of piperidine rings is 1. The van der Waals surface area contributed by atoms with Gasteiger partial charge in [0.25, 0.3) is 0 Å². The van der Waals surface area contributed by atoms with Crippen molar-refractivity contribution in [2.45, 2.75) is 57.7 Å². The number of halogens is 1. The van der Waals surface area contributed by atoms with Gasteiger partial charge in [-0.05, 0) is 27.7 Å². The third-order valence-electron chi connectivity index (χ3n) is 2.77. The van der Waals surface area contributed by atoms with Crippen molar-refractivity contribution >= 4 is 10.4 Å². The molecule has 0 atom stereocenters. The summed E-state index contributed by atoms with van der Waals surface area (Å²) in [5, 5.41) is 20.0. The topological polar surface area (TPSA) is 122 Å². The lowest BCUT2D eigenvalue weighted by atomic mass is 9.80. The zero-order chi connectivity index (χ0) is 14.1. The Balaban J connectivity index is 0. The molecule has 0 spiro atoms. The summed E-state index contributed by atoms with van der Waals surface area (Å²) < 4.78 is 32.8. The number of aliphatic hydroxyl groups excluding tert-OH is 1. The SMILES string of the molecule is CC1(C)CC(O)CC(C)(C)[NH+]1O.O=S(=O)([O-])O.[I-]. The normalized spacial score (nSPS) is 29.6. The van der Waals surface area contributed by atoms with Crippen LogP contribution in [-0.4, -0.2) is 45.0 Å². The molecule has 1 aliphatic heterocycles. The number of hydrogen-bond donors (Lipinski definition) is 4. The molecule has 0 aromatic rings. The third kappa shape index (κ3) is 7.81. The highest BCUT2D eigenvalue weighted by Crippen LogP contribution is 2.22. The molecule has 7 nitrogen and oxygen atoms in total. The van der Waals surface area contributed by atoms with Gasteiger partial charge in [-0.3, -0.25) is 4.55 Å². The maximum atomic E-state index is 9.89. The molecule has 0 radical (unpaired) electrons. The number of nitrogens with one attached hydrogen (secondary N) is 1. The molecule has 0 saturated carbocycles. The smallest absolute Gasteiger partial charge is 0.215 e. The van der Waals surface area contributed by atoms with E-state index < -0.39 is 10.4 Å². The molecule has 9 heteroatoms. The monoisotopic (exact) mass is 398 g/mol. The molecule has 1 aliphatic rings. The first kappa shape index (κ1) is 20.8. The largest absolute Gasteiger partial charge is 1.00 e. The van der Waals surface area contributed by atoms with Crippen LogP contribution in [0.1, 0.15) is 40.5 Å². The number of hydroxylamine groups is 2. The first-order valence-electron chi connectivity index (χ1n) is 5.19. The second kappa shape index (κ2) is 6.77. The molecule has 1 rings (SSSR count). The Hall–Kier alpha value is 0.480. The van der Waals surface area contributed by atoms with Crippen molar-refractivity contribution in [1.29, 1.82) is 0 Å². The van der Waals surface area contributed by atoms with E-state index in [1.54, 1.807) is 0 Å². The molecule has 0 aliphatic carbocycles. The Morgan fingerprint density at radius 1 is 1.17 bits per heavy atom. The molecule has 0 bridgehead atoms. The lowest BCUT2D eigenvalue weighted by Crippen LogP contribution is -3.25. The van der Waals surface area contributed by atoms with E-state index in [9.17, 15) is 10.3 Å². The van der Waals surface area contributed by atoms with Crippen LogP contribution in [0.2, 0.25) is 0 Å². The molecule has 1 heterocycles. The number of quaternary nitrogens is 1. The minimum absolute atomic E-state index is 0. The lowest BCUT2D eigenvalue weighted by Gasteiger charge is -2.45. The van der Waals surface area contributed by atoms with Crippen molar-refractivity contribution in [2.75, 3.05) is 0 Å². The fourth-order valence-electron chi connectivity index (χ4n) is 2.36. The highest BCUT2D eigenvalue weighted by atomic mass is 127. The van der Waals surface area contributed by atoms with Gasteiger partial charge in [-0.15, -0.1) is 0 Å². The molecule has 1 fully saturated rings. The maximum Gasteiger partial charge on any atom is 0.215 e. The predicted octanol–water partition coefficient (Wildman–Crippen LogP) is -4.02. The van der Waals surface area contributed by atoms with Crippen LogP contribution < -0.4 is 29.0 Å². The highest BCUT2D eigenvalue weighted by Gasteiger charge is 2.49. The van der Waals surface area contributed by atoms with Crippen molar-refractivity contribution in [2.24, 2.45) is 0 Å². The first-order valence-corrected chi connectivity index (χ1v) is 6.55. The van der Waals surface area contributed by atoms with Crippen LogP contribution in [0.15, 0.2) is 0 Å². The number of hydrogen-bond acceptors (Lipinski definition) is 5. The molecule has 4 N–H and O–H groups in total. The fourth-order valence-corrected chi connectivity index (χ4v) is 2.36. The first-order chi connectivity index (χ1) is 7.26. The van der Waals surface area contributed by atoms with Crippen molar-refractivity contribution in [1.82, 2.24) is 0 Å². The zero-order valence-electron chi connectivity index (χ0n) is 10.8. The maximum absolute atomic E-state index is 9.89. The van der Waals surface area contributed by atoms with Gasteiger partial charge in [-0.1, -0.05) is 0 Å². The third-order valence-corrected chi connectivity index (χ3v) is 2.77. The van der Waals surface area contributed by atoms with Gasteiger partial charge in [-0.2, -0.15) is 5.06 Å². The van der Waals surface area contributed by atoms with Crippen LogP contribution in [-0.2, 0) is 10.4 Å². The Labute approximate surface area is 125 Å². The van der Waals surface area contributed by atoms with Crippen molar-refractivity contribution in [3.63, 3.8) is 0 Å². The quantitative estimate of drug-likeness (QED) is 0.187. The second-order valence-electron chi connectivity index (χ2n) is 5.61. The fraction of sp³-hybridized carbons (Fsp3) is 1.00. The van der Waals surface area contributed by atoms with E-state index in [0.29, 0.717) is 17.9 Å². The molecular formula is C9H21INO6S-. The van der Waals surface area contributed by atoms with Gasteiger partial charge in [-0.25, -0.2) is 13.6 Å². The van der Waals surface area contributed by atoms with Crippen LogP contribution in [0.3, 0.4) is 0 Å². The molecule has 0 aromatic heterocycles. The van der Waals surface area contributed by atoms with Gasteiger partial charge < -0.3 is 33.6 Å². The summed E-state index contributed by atoms with van der Waals surface area (Å²) >= 11 is 0. The van der Waals surface area contributed by atoms with Gasteiger partial charge in [0.15, 0.2) is 0 Å². The van der Waals surface area contributed by atoms with Gasteiger partial charge in [0.05, 0.1) is 6.10 Å². The Morgan fingerprint density at radius 3 is 1.61 bits per heavy atom. The van der Waals surface area contributed by atoms with Crippen molar-refractivity contribution in [3.05, 3.63) is 0 Å². The minimum Gasteiger partial charge on any atom is -1.00 e. The number of aliphatic hydroxyl groups is 1. The molecule has 0 aromatic carbocycles. The van der Waals surface area contributed by atoms with E-state index in [0.717, 1.165) is 0 Å². The molecule has 0 unspecified atom stereocenters. The van der Waals surface area contributed by atoms with Crippen LogP contribution in [0.5, 0.6) is 0 Å². The molecule has 1 saturated heterocycles.